The summed E-state index contributed by atoms with van der Waals surface area (Å²) in [6, 6.07) is 1.32. The Kier molecular flexibility index (Phi) is 7.38. The van der Waals surface area contributed by atoms with Crippen LogP contribution in [0.1, 0.15) is 25.5 Å². The fourth-order valence-electron chi connectivity index (χ4n) is 1.20. The van der Waals surface area contributed by atoms with Crippen molar-refractivity contribution in [3.8, 4) is 0 Å². The largest absolute Gasteiger partial charge is 0.387 e. The summed E-state index contributed by atoms with van der Waals surface area (Å²) in [5.74, 6) is -0.123. The molecule has 17 heavy (non-hydrogen) atoms. The average Bonchev–Trinajstić information content (AvgIpc) is 2.77. The normalized spacial score (nSPS) is 13.9. The van der Waals surface area contributed by atoms with E-state index in [0.29, 0.717) is 0 Å². The fraction of sp³-hybridized carbons (Fsp3) is 0.545. The highest BCUT2D eigenvalue weighted by Crippen LogP contribution is 2.15. The second kappa shape index (κ2) is 7.66. The first-order valence-corrected chi connectivity index (χ1v) is 6.20. The zero-order valence-corrected chi connectivity index (χ0v) is 11.6. The molecular formula is C11H19ClN2O2S. The van der Waals surface area contributed by atoms with Crippen LogP contribution in [0.3, 0.4) is 0 Å². The van der Waals surface area contributed by atoms with E-state index in [2.05, 4.69) is 5.32 Å². The SMILES string of the molecule is CC(C)C(N)C(=O)NCC(O)c1ccsc1.Cl. The molecule has 1 amide bonds. The van der Waals surface area contributed by atoms with Gasteiger partial charge in [0.05, 0.1) is 12.1 Å². The molecule has 2 unspecified atom stereocenters. The molecule has 0 aromatic carbocycles. The molecule has 0 saturated heterocycles. The van der Waals surface area contributed by atoms with E-state index < -0.39 is 12.1 Å². The average molecular weight is 279 g/mol. The maximum Gasteiger partial charge on any atom is 0.237 e. The molecule has 1 aromatic heterocycles. The van der Waals surface area contributed by atoms with E-state index >= 15 is 0 Å². The Morgan fingerprint density at radius 2 is 2.24 bits per heavy atom. The number of halogens is 1. The van der Waals surface area contributed by atoms with Gasteiger partial charge >= 0.3 is 0 Å². The van der Waals surface area contributed by atoms with Gasteiger partial charge in [-0.2, -0.15) is 11.3 Å². The van der Waals surface area contributed by atoms with Gasteiger partial charge in [0, 0.05) is 6.54 Å². The van der Waals surface area contributed by atoms with Gasteiger partial charge < -0.3 is 16.2 Å². The van der Waals surface area contributed by atoms with Gasteiger partial charge in [0.15, 0.2) is 0 Å². The Labute approximate surface area is 112 Å². The second-order valence-corrected chi connectivity index (χ2v) is 4.87. The number of carbonyl (C=O) groups excluding carboxylic acids is 1. The Bertz CT molecular complexity index is 330. The molecular weight excluding hydrogens is 260 g/mol. The highest BCUT2D eigenvalue weighted by molar-refractivity contribution is 7.07. The standard InChI is InChI=1S/C11H18N2O2S.ClH/c1-7(2)10(12)11(15)13-5-9(14)8-3-4-16-6-8;/h3-4,6-7,9-10,14H,5,12H2,1-2H3,(H,13,15);1H. The van der Waals surface area contributed by atoms with Gasteiger partial charge in [-0.25, -0.2) is 0 Å². The van der Waals surface area contributed by atoms with Crippen LogP contribution in [0.4, 0.5) is 0 Å². The molecule has 1 rings (SSSR count). The van der Waals surface area contributed by atoms with Crippen molar-refractivity contribution in [2.24, 2.45) is 11.7 Å². The summed E-state index contributed by atoms with van der Waals surface area (Å²) in [6.07, 6.45) is -0.658. The summed E-state index contributed by atoms with van der Waals surface area (Å²) < 4.78 is 0. The zero-order chi connectivity index (χ0) is 12.1. The molecule has 0 aliphatic rings. The molecule has 0 saturated carbocycles. The Hall–Kier alpha value is -0.620. The number of aliphatic hydroxyl groups is 1. The van der Waals surface area contributed by atoms with Crippen molar-refractivity contribution in [3.05, 3.63) is 22.4 Å². The lowest BCUT2D eigenvalue weighted by Gasteiger charge is -2.17. The molecule has 0 bridgehead atoms. The quantitative estimate of drug-likeness (QED) is 0.760. The third-order valence-electron chi connectivity index (χ3n) is 2.42. The molecule has 1 aromatic rings. The highest BCUT2D eigenvalue weighted by atomic mass is 35.5. The predicted molar refractivity (Wildman–Crippen MR) is 72.3 cm³/mol. The Morgan fingerprint density at radius 3 is 2.71 bits per heavy atom. The van der Waals surface area contributed by atoms with Crippen LogP contribution >= 0.6 is 23.7 Å². The summed E-state index contributed by atoms with van der Waals surface area (Å²) in [6.45, 7) is 3.98. The number of hydrogen-bond acceptors (Lipinski definition) is 4. The van der Waals surface area contributed by atoms with Gasteiger partial charge in [-0.1, -0.05) is 13.8 Å². The van der Waals surface area contributed by atoms with Crippen molar-refractivity contribution in [2.45, 2.75) is 26.0 Å². The molecule has 0 spiro atoms. The summed E-state index contributed by atoms with van der Waals surface area (Å²) >= 11 is 1.52. The van der Waals surface area contributed by atoms with E-state index in [1.165, 1.54) is 11.3 Å². The van der Waals surface area contributed by atoms with Gasteiger partial charge in [0.25, 0.3) is 0 Å². The van der Waals surface area contributed by atoms with Gasteiger partial charge in [-0.15, -0.1) is 12.4 Å². The number of aliphatic hydroxyl groups excluding tert-OH is 1. The maximum atomic E-state index is 11.5. The van der Waals surface area contributed by atoms with Crippen LogP contribution in [-0.2, 0) is 4.79 Å². The molecule has 0 radical (unpaired) electrons. The van der Waals surface area contributed by atoms with Crippen LogP contribution in [0, 0.1) is 5.92 Å². The first kappa shape index (κ1) is 16.4. The Morgan fingerprint density at radius 1 is 1.59 bits per heavy atom. The van der Waals surface area contributed by atoms with Crippen molar-refractivity contribution in [2.75, 3.05) is 6.54 Å². The number of hydrogen-bond donors (Lipinski definition) is 3. The van der Waals surface area contributed by atoms with Crippen LogP contribution in [-0.4, -0.2) is 23.6 Å². The minimum absolute atomic E-state index is 0. The topological polar surface area (TPSA) is 75.4 Å². The van der Waals surface area contributed by atoms with E-state index in [4.69, 9.17) is 5.73 Å². The first-order valence-electron chi connectivity index (χ1n) is 5.25. The van der Waals surface area contributed by atoms with Crippen LogP contribution in [0.5, 0.6) is 0 Å². The number of thiophene rings is 1. The van der Waals surface area contributed by atoms with E-state index in [9.17, 15) is 9.90 Å². The summed E-state index contributed by atoms with van der Waals surface area (Å²) in [5, 5.41) is 16.1. The minimum atomic E-state index is -0.658. The van der Waals surface area contributed by atoms with Crippen LogP contribution < -0.4 is 11.1 Å². The number of rotatable bonds is 5. The van der Waals surface area contributed by atoms with Crippen molar-refractivity contribution in [3.63, 3.8) is 0 Å². The molecule has 1 heterocycles. The molecule has 0 aliphatic carbocycles. The third-order valence-corrected chi connectivity index (χ3v) is 3.12. The van der Waals surface area contributed by atoms with Crippen molar-refractivity contribution < 1.29 is 9.90 Å². The van der Waals surface area contributed by atoms with Crippen LogP contribution in [0.25, 0.3) is 0 Å². The molecule has 2 atom stereocenters. The van der Waals surface area contributed by atoms with Crippen molar-refractivity contribution in [1.82, 2.24) is 5.32 Å². The molecule has 6 heteroatoms. The maximum absolute atomic E-state index is 11.5. The fourth-order valence-corrected chi connectivity index (χ4v) is 1.91. The molecule has 0 aliphatic heterocycles. The number of carbonyl (C=O) groups is 1. The number of nitrogens with one attached hydrogen (secondary N) is 1. The minimum Gasteiger partial charge on any atom is -0.387 e. The lowest BCUT2D eigenvalue weighted by Crippen LogP contribution is -2.45. The van der Waals surface area contributed by atoms with E-state index in [1.807, 2.05) is 30.7 Å². The highest BCUT2D eigenvalue weighted by Gasteiger charge is 2.18. The molecule has 4 N–H and O–H groups in total. The van der Waals surface area contributed by atoms with Gasteiger partial charge in [-0.3, -0.25) is 4.79 Å². The van der Waals surface area contributed by atoms with Gasteiger partial charge in [0.1, 0.15) is 0 Å². The third kappa shape index (κ3) is 5.04. The van der Waals surface area contributed by atoms with Crippen molar-refractivity contribution >= 4 is 29.7 Å². The van der Waals surface area contributed by atoms with E-state index in [0.717, 1.165) is 5.56 Å². The smallest absolute Gasteiger partial charge is 0.237 e. The predicted octanol–water partition coefficient (Wildman–Crippen LogP) is 1.30. The lowest BCUT2D eigenvalue weighted by molar-refractivity contribution is -0.123. The molecule has 4 nitrogen and oxygen atoms in total. The summed E-state index contributed by atoms with van der Waals surface area (Å²) in [4.78, 5) is 11.5. The first-order chi connectivity index (χ1) is 7.52. The van der Waals surface area contributed by atoms with Crippen LogP contribution in [0.15, 0.2) is 16.8 Å². The lowest BCUT2D eigenvalue weighted by atomic mass is 10.0. The molecule has 98 valence electrons. The monoisotopic (exact) mass is 278 g/mol. The number of amides is 1. The van der Waals surface area contributed by atoms with Gasteiger partial charge in [0.2, 0.25) is 5.91 Å². The van der Waals surface area contributed by atoms with Crippen molar-refractivity contribution in [1.29, 1.82) is 0 Å². The van der Waals surface area contributed by atoms with E-state index in [-0.39, 0.29) is 30.8 Å². The summed E-state index contributed by atoms with van der Waals surface area (Å²) in [7, 11) is 0. The second-order valence-electron chi connectivity index (χ2n) is 4.09. The number of nitrogens with two attached hydrogens (primary N) is 1. The van der Waals surface area contributed by atoms with Gasteiger partial charge in [-0.05, 0) is 28.3 Å². The Balaban J connectivity index is 0.00000256. The van der Waals surface area contributed by atoms with E-state index in [1.54, 1.807) is 0 Å². The van der Waals surface area contributed by atoms with Crippen LogP contribution in [0.2, 0.25) is 0 Å². The summed E-state index contributed by atoms with van der Waals surface area (Å²) in [5.41, 5.74) is 6.50. The molecule has 0 fully saturated rings. The zero-order valence-electron chi connectivity index (χ0n) is 9.92.